The molecule has 1 fully saturated rings. The van der Waals surface area contributed by atoms with Gasteiger partial charge in [0.2, 0.25) is 0 Å². The Morgan fingerprint density at radius 1 is 1.39 bits per heavy atom. The van der Waals surface area contributed by atoms with E-state index in [4.69, 9.17) is 0 Å². The smallest absolute Gasteiger partial charge is 0.0473 e. The quantitative estimate of drug-likeness (QED) is 0.801. The van der Waals surface area contributed by atoms with Crippen LogP contribution >= 0.6 is 0 Å². The van der Waals surface area contributed by atoms with Crippen molar-refractivity contribution in [3.8, 4) is 0 Å². The first-order chi connectivity index (χ1) is 8.85. The molecule has 1 unspecified atom stereocenters. The largest absolute Gasteiger partial charge is 0.314 e. The van der Waals surface area contributed by atoms with E-state index < -0.39 is 0 Å². The van der Waals surface area contributed by atoms with E-state index in [0.717, 1.165) is 39.0 Å². The molecule has 1 aromatic carbocycles. The predicted molar refractivity (Wildman–Crippen MR) is 77.8 cm³/mol. The highest BCUT2D eigenvalue weighted by Gasteiger charge is 2.22. The number of benzene rings is 1. The monoisotopic (exact) mass is 244 g/mol. The van der Waals surface area contributed by atoms with Crippen molar-refractivity contribution in [3.63, 3.8) is 0 Å². The molecule has 1 aromatic rings. The average Bonchev–Trinajstić information content (AvgIpc) is 2.45. The van der Waals surface area contributed by atoms with Crippen LogP contribution in [0.15, 0.2) is 36.9 Å². The van der Waals surface area contributed by atoms with Gasteiger partial charge in [-0.25, -0.2) is 0 Å². The molecule has 0 aromatic heterocycles. The van der Waals surface area contributed by atoms with Gasteiger partial charge in [0.05, 0.1) is 0 Å². The van der Waals surface area contributed by atoms with Crippen LogP contribution in [0.2, 0.25) is 0 Å². The van der Waals surface area contributed by atoms with Gasteiger partial charge in [0.15, 0.2) is 0 Å². The Hall–Kier alpha value is -1.12. The van der Waals surface area contributed by atoms with Crippen LogP contribution in [0.1, 0.15) is 30.5 Å². The molecule has 0 bridgehead atoms. The molecule has 2 heteroatoms. The van der Waals surface area contributed by atoms with Crippen molar-refractivity contribution in [2.24, 2.45) is 0 Å². The average molecular weight is 244 g/mol. The lowest BCUT2D eigenvalue weighted by Gasteiger charge is -2.36. The van der Waals surface area contributed by atoms with Crippen molar-refractivity contribution in [1.82, 2.24) is 10.2 Å². The minimum atomic E-state index is 0.518. The van der Waals surface area contributed by atoms with Crippen LogP contribution in [0.5, 0.6) is 0 Å². The maximum absolute atomic E-state index is 3.82. The van der Waals surface area contributed by atoms with Crippen LogP contribution in [-0.2, 0) is 6.42 Å². The molecule has 2 rings (SSSR count). The fourth-order valence-corrected chi connectivity index (χ4v) is 2.58. The highest BCUT2D eigenvalue weighted by molar-refractivity contribution is 5.25. The molecule has 0 radical (unpaired) electrons. The van der Waals surface area contributed by atoms with E-state index in [0.29, 0.717) is 6.04 Å². The Labute approximate surface area is 111 Å². The van der Waals surface area contributed by atoms with Crippen molar-refractivity contribution in [2.75, 3.05) is 26.2 Å². The molecule has 1 aliphatic rings. The van der Waals surface area contributed by atoms with Gasteiger partial charge in [-0.15, -0.1) is 6.58 Å². The maximum atomic E-state index is 3.82. The first-order valence-corrected chi connectivity index (χ1v) is 6.99. The van der Waals surface area contributed by atoms with Crippen molar-refractivity contribution < 1.29 is 0 Å². The zero-order chi connectivity index (χ0) is 12.8. The molecule has 0 amide bonds. The standard InChI is InChI=1S/C16H24N2/c1-3-5-11-18-12-10-17-13-16(18)15-8-6-14(4-2)7-9-15/h3,6-9,16-17H,1,4-5,10-13H2,2H3. The zero-order valence-electron chi connectivity index (χ0n) is 11.4. The summed E-state index contributed by atoms with van der Waals surface area (Å²) in [4.78, 5) is 2.57. The van der Waals surface area contributed by atoms with Crippen molar-refractivity contribution in [3.05, 3.63) is 48.0 Å². The van der Waals surface area contributed by atoms with Gasteiger partial charge in [-0.2, -0.15) is 0 Å². The van der Waals surface area contributed by atoms with E-state index in [9.17, 15) is 0 Å². The summed E-state index contributed by atoms with van der Waals surface area (Å²) in [7, 11) is 0. The van der Waals surface area contributed by atoms with Gasteiger partial charge in [0.25, 0.3) is 0 Å². The molecule has 1 aliphatic heterocycles. The number of aryl methyl sites for hydroxylation is 1. The third kappa shape index (κ3) is 3.21. The van der Waals surface area contributed by atoms with E-state index >= 15 is 0 Å². The minimum absolute atomic E-state index is 0.518. The van der Waals surface area contributed by atoms with Gasteiger partial charge >= 0.3 is 0 Å². The second-order valence-electron chi connectivity index (χ2n) is 4.93. The summed E-state index contributed by atoms with van der Waals surface area (Å²) in [5, 5.41) is 3.50. The molecular formula is C16H24N2. The molecule has 0 aliphatic carbocycles. The summed E-state index contributed by atoms with van der Waals surface area (Å²) >= 11 is 0. The van der Waals surface area contributed by atoms with Gasteiger partial charge in [-0.3, -0.25) is 4.90 Å². The molecule has 2 nitrogen and oxygen atoms in total. The number of nitrogens with zero attached hydrogens (tertiary/aromatic N) is 1. The third-order valence-electron chi connectivity index (χ3n) is 3.75. The molecule has 0 saturated carbocycles. The summed E-state index contributed by atoms with van der Waals surface area (Å²) in [5.41, 5.74) is 2.85. The highest BCUT2D eigenvalue weighted by atomic mass is 15.2. The van der Waals surface area contributed by atoms with E-state index in [1.807, 2.05) is 6.08 Å². The van der Waals surface area contributed by atoms with Crippen molar-refractivity contribution in [2.45, 2.75) is 25.8 Å². The lowest BCUT2D eigenvalue weighted by molar-refractivity contribution is 0.165. The summed E-state index contributed by atoms with van der Waals surface area (Å²) in [6.45, 7) is 10.4. The predicted octanol–water partition coefficient (Wildman–Crippen LogP) is 2.77. The second-order valence-corrected chi connectivity index (χ2v) is 4.93. The maximum Gasteiger partial charge on any atom is 0.0473 e. The fraction of sp³-hybridized carbons (Fsp3) is 0.500. The van der Waals surface area contributed by atoms with Gasteiger partial charge < -0.3 is 5.32 Å². The second kappa shape index (κ2) is 6.72. The summed E-state index contributed by atoms with van der Waals surface area (Å²) in [6.07, 6.45) is 4.20. The van der Waals surface area contributed by atoms with Crippen molar-refractivity contribution >= 4 is 0 Å². The number of nitrogens with one attached hydrogen (secondary N) is 1. The summed E-state index contributed by atoms with van der Waals surface area (Å²) in [6, 6.07) is 9.62. The molecular weight excluding hydrogens is 220 g/mol. The zero-order valence-corrected chi connectivity index (χ0v) is 11.4. The first-order valence-electron chi connectivity index (χ1n) is 6.99. The van der Waals surface area contributed by atoms with Gasteiger partial charge in [0, 0.05) is 32.2 Å². The molecule has 98 valence electrons. The van der Waals surface area contributed by atoms with Crippen LogP contribution in [0.4, 0.5) is 0 Å². The number of hydrogen-bond acceptors (Lipinski definition) is 2. The van der Waals surface area contributed by atoms with E-state index in [-0.39, 0.29) is 0 Å². The van der Waals surface area contributed by atoms with Crippen molar-refractivity contribution in [1.29, 1.82) is 0 Å². The van der Waals surface area contributed by atoms with Crippen LogP contribution in [0.3, 0.4) is 0 Å². The van der Waals surface area contributed by atoms with Crippen LogP contribution < -0.4 is 5.32 Å². The molecule has 1 N–H and O–H groups in total. The summed E-state index contributed by atoms with van der Waals surface area (Å²) in [5.74, 6) is 0. The van der Waals surface area contributed by atoms with Gasteiger partial charge in [0.1, 0.15) is 0 Å². The lowest BCUT2D eigenvalue weighted by atomic mass is 10.0. The Balaban J connectivity index is 2.08. The highest BCUT2D eigenvalue weighted by Crippen LogP contribution is 2.22. The fourth-order valence-electron chi connectivity index (χ4n) is 2.58. The Bertz CT molecular complexity index is 369. The minimum Gasteiger partial charge on any atom is -0.314 e. The normalized spacial score (nSPS) is 20.8. The SMILES string of the molecule is C=CCCN1CCNCC1c1ccc(CC)cc1. The Kier molecular flexibility index (Phi) is 4.97. The van der Waals surface area contributed by atoms with E-state index in [1.165, 1.54) is 11.1 Å². The number of hydrogen-bond donors (Lipinski definition) is 1. The topological polar surface area (TPSA) is 15.3 Å². The van der Waals surface area contributed by atoms with Crippen LogP contribution in [0, 0.1) is 0 Å². The van der Waals surface area contributed by atoms with E-state index in [1.54, 1.807) is 0 Å². The molecule has 1 atom stereocenters. The van der Waals surface area contributed by atoms with E-state index in [2.05, 4.69) is 48.0 Å². The summed E-state index contributed by atoms with van der Waals surface area (Å²) < 4.78 is 0. The molecule has 1 saturated heterocycles. The van der Waals surface area contributed by atoms with Crippen LogP contribution in [-0.4, -0.2) is 31.1 Å². The molecule has 0 spiro atoms. The van der Waals surface area contributed by atoms with Gasteiger partial charge in [-0.1, -0.05) is 37.3 Å². The number of piperazine rings is 1. The lowest BCUT2D eigenvalue weighted by Crippen LogP contribution is -2.46. The number of rotatable bonds is 5. The molecule has 18 heavy (non-hydrogen) atoms. The first kappa shape index (κ1) is 13.3. The molecule has 1 heterocycles. The third-order valence-corrected chi connectivity index (χ3v) is 3.75. The Morgan fingerprint density at radius 3 is 2.83 bits per heavy atom. The van der Waals surface area contributed by atoms with Crippen LogP contribution in [0.25, 0.3) is 0 Å². The van der Waals surface area contributed by atoms with Gasteiger partial charge in [-0.05, 0) is 24.0 Å². The Morgan fingerprint density at radius 2 is 2.17 bits per heavy atom.